The van der Waals surface area contributed by atoms with Gasteiger partial charge < -0.3 is 20.1 Å². The average molecular weight is 462 g/mol. The molecule has 1 aliphatic rings. The molecule has 1 aromatic rings. The van der Waals surface area contributed by atoms with Gasteiger partial charge in [0.25, 0.3) is 0 Å². The standard InChI is InChI=1S/C24H35N3O6/c1-23(2,3)26-19(28)18(14-25-22(31)33-24(4,5)6)27(20(29)15-12-13-15)17-11-9-8-10-16(17)21(30)32-7/h8-11,15,18H,12-14H2,1-7H3,(H,25,31)(H,26,28). The number of hydrogen-bond donors (Lipinski definition) is 2. The monoisotopic (exact) mass is 461 g/mol. The fraction of sp³-hybridized carbons (Fsp3) is 0.583. The van der Waals surface area contributed by atoms with E-state index in [1.807, 2.05) is 20.8 Å². The van der Waals surface area contributed by atoms with E-state index in [2.05, 4.69) is 10.6 Å². The molecular weight excluding hydrogens is 426 g/mol. The molecule has 1 aromatic carbocycles. The number of esters is 1. The highest BCUT2D eigenvalue weighted by atomic mass is 16.6. The number of nitrogens with zero attached hydrogens (tertiary/aromatic N) is 1. The van der Waals surface area contributed by atoms with Crippen LogP contribution in [0.1, 0.15) is 64.7 Å². The van der Waals surface area contributed by atoms with E-state index in [0.29, 0.717) is 12.8 Å². The van der Waals surface area contributed by atoms with E-state index < -0.39 is 35.2 Å². The van der Waals surface area contributed by atoms with E-state index in [0.717, 1.165) is 0 Å². The Hall–Kier alpha value is -3.10. The number of alkyl carbamates (subject to hydrolysis) is 1. The van der Waals surface area contributed by atoms with E-state index in [9.17, 15) is 19.2 Å². The molecule has 2 rings (SSSR count). The highest BCUT2D eigenvalue weighted by Crippen LogP contribution is 2.35. The van der Waals surface area contributed by atoms with Gasteiger partial charge in [0.05, 0.1) is 24.9 Å². The van der Waals surface area contributed by atoms with Gasteiger partial charge in [-0.2, -0.15) is 0 Å². The predicted molar refractivity (Wildman–Crippen MR) is 124 cm³/mol. The van der Waals surface area contributed by atoms with Gasteiger partial charge in [0, 0.05) is 11.5 Å². The smallest absolute Gasteiger partial charge is 0.407 e. The van der Waals surface area contributed by atoms with Crippen LogP contribution in [0.25, 0.3) is 0 Å². The Morgan fingerprint density at radius 2 is 1.67 bits per heavy atom. The summed E-state index contributed by atoms with van der Waals surface area (Å²) in [6.07, 6.45) is 0.683. The van der Waals surface area contributed by atoms with Crippen LogP contribution in [0.15, 0.2) is 24.3 Å². The lowest BCUT2D eigenvalue weighted by atomic mass is 10.0. The molecule has 0 bridgehead atoms. The number of ether oxygens (including phenoxy) is 2. The summed E-state index contributed by atoms with van der Waals surface area (Å²) in [6.45, 7) is 10.4. The molecular formula is C24H35N3O6. The van der Waals surface area contributed by atoms with E-state index in [4.69, 9.17) is 9.47 Å². The largest absolute Gasteiger partial charge is 0.465 e. The number of benzene rings is 1. The number of hydrogen-bond acceptors (Lipinski definition) is 6. The minimum Gasteiger partial charge on any atom is -0.465 e. The van der Waals surface area contributed by atoms with Gasteiger partial charge in [0.1, 0.15) is 11.6 Å². The molecule has 1 fully saturated rings. The number of methoxy groups -OCH3 is 1. The lowest BCUT2D eigenvalue weighted by Gasteiger charge is -2.34. The molecule has 33 heavy (non-hydrogen) atoms. The van der Waals surface area contributed by atoms with Crippen LogP contribution in [0, 0.1) is 5.92 Å². The van der Waals surface area contributed by atoms with Crippen molar-refractivity contribution >= 4 is 29.6 Å². The van der Waals surface area contributed by atoms with Crippen molar-refractivity contribution in [1.29, 1.82) is 0 Å². The lowest BCUT2D eigenvalue weighted by Crippen LogP contribution is -2.58. The molecule has 2 N–H and O–H groups in total. The Morgan fingerprint density at radius 1 is 1.06 bits per heavy atom. The molecule has 9 heteroatoms. The van der Waals surface area contributed by atoms with Crippen molar-refractivity contribution in [2.24, 2.45) is 5.92 Å². The Bertz CT molecular complexity index is 896. The summed E-state index contributed by atoms with van der Waals surface area (Å²) in [6, 6.07) is 5.34. The van der Waals surface area contributed by atoms with Crippen LogP contribution in [-0.2, 0) is 19.1 Å². The van der Waals surface area contributed by atoms with Gasteiger partial charge in [-0.1, -0.05) is 12.1 Å². The summed E-state index contributed by atoms with van der Waals surface area (Å²) in [5.41, 5.74) is -0.910. The van der Waals surface area contributed by atoms with Crippen LogP contribution in [0.4, 0.5) is 10.5 Å². The molecule has 1 unspecified atom stereocenters. The summed E-state index contributed by atoms with van der Waals surface area (Å²) < 4.78 is 10.2. The number of carbonyl (C=O) groups is 4. The first-order valence-corrected chi connectivity index (χ1v) is 11.0. The third-order valence-electron chi connectivity index (χ3n) is 4.68. The molecule has 9 nitrogen and oxygen atoms in total. The number of nitrogens with one attached hydrogen (secondary N) is 2. The van der Waals surface area contributed by atoms with E-state index in [1.54, 1.807) is 39.0 Å². The highest BCUT2D eigenvalue weighted by molar-refractivity contribution is 6.07. The lowest BCUT2D eigenvalue weighted by molar-refractivity contribution is -0.127. The van der Waals surface area contributed by atoms with Gasteiger partial charge >= 0.3 is 12.1 Å². The molecule has 0 spiro atoms. The number of amides is 3. The first-order valence-electron chi connectivity index (χ1n) is 11.0. The van der Waals surface area contributed by atoms with Gasteiger partial charge in [-0.15, -0.1) is 0 Å². The fourth-order valence-corrected chi connectivity index (χ4v) is 3.18. The molecule has 1 aliphatic carbocycles. The summed E-state index contributed by atoms with van der Waals surface area (Å²) in [4.78, 5) is 52.8. The topological polar surface area (TPSA) is 114 Å². The van der Waals surface area contributed by atoms with Crippen molar-refractivity contribution in [3.63, 3.8) is 0 Å². The van der Waals surface area contributed by atoms with Gasteiger partial charge in [-0.3, -0.25) is 14.5 Å². The van der Waals surface area contributed by atoms with Crippen LogP contribution in [0.2, 0.25) is 0 Å². The summed E-state index contributed by atoms with van der Waals surface area (Å²) in [5.74, 6) is -1.63. The second kappa shape index (κ2) is 10.2. The van der Waals surface area contributed by atoms with Crippen molar-refractivity contribution in [1.82, 2.24) is 10.6 Å². The maximum atomic E-state index is 13.4. The second-order valence-electron chi connectivity index (χ2n) is 10.1. The fourth-order valence-electron chi connectivity index (χ4n) is 3.18. The normalized spacial score (nSPS) is 14.6. The third kappa shape index (κ3) is 7.76. The molecule has 1 atom stereocenters. The average Bonchev–Trinajstić information content (AvgIpc) is 3.52. The summed E-state index contributed by atoms with van der Waals surface area (Å²) in [7, 11) is 1.25. The molecule has 0 saturated heterocycles. The van der Waals surface area contributed by atoms with Gasteiger partial charge in [-0.05, 0) is 66.5 Å². The van der Waals surface area contributed by atoms with E-state index in [-0.39, 0.29) is 29.6 Å². The second-order valence-corrected chi connectivity index (χ2v) is 10.1. The van der Waals surface area contributed by atoms with E-state index in [1.165, 1.54) is 18.1 Å². The van der Waals surface area contributed by atoms with Crippen molar-refractivity contribution in [2.45, 2.75) is 71.6 Å². The zero-order chi connectivity index (χ0) is 25.0. The van der Waals surface area contributed by atoms with Crippen molar-refractivity contribution in [2.75, 3.05) is 18.6 Å². The van der Waals surface area contributed by atoms with Crippen LogP contribution < -0.4 is 15.5 Å². The summed E-state index contributed by atoms with van der Waals surface area (Å²) in [5, 5.41) is 5.48. The minimum absolute atomic E-state index is 0.153. The van der Waals surface area contributed by atoms with Crippen LogP contribution in [-0.4, -0.2) is 54.7 Å². The predicted octanol–water partition coefficient (Wildman–Crippen LogP) is 3.02. The van der Waals surface area contributed by atoms with Gasteiger partial charge in [-0.25, -0.2) is 9.59 Å². The molecule has 0 radical (unpaired) electrons. The minimum atomic E-state index is -1.12. The molecule has 0 aliphatic heterocycles. The van der Waals surface area contributed by atoms with Gasteiger partial charge in [0.2, 0.25) is 11.8 Å². The molecule has 0 aromatic heterocycles. The molecule has 0 heterocycles. The number of rotatable bonds is 7. The van der Waals surface area contributed by atoms with E-state index >= 15 is 0 Å². The van der Waals surface area contributed by atoms with Crippen molar-refractivity contribution < 1.29 is 28.7 Å². The zero-order valence-electron chi connectivity index (χ0n) is 20.5. The Kier molecular flexibility index (Phi) is 8.11. The SMILES string of the molecule is COC(=O)c1ccccc1N(C(=O)C1CC1)C(CNC(=O)OC(C)(C)C)C(=O)NC(C)(C)C. The number of anilines is 1. The maximum absolute atomic E-state index is 13.4. The number of para-hydroxylation sites is 1. The van der Waals surface area contributed by atoms with Crippen molar-refractivity contribution in [3.05, 3.63) is 29.8 Å². The highest BCUT2D eigenvalue weighted by Gasteiger charge is 2.41. The van der Waals surface area contributed by atoms with Gasteiger partial charge in [0.15, 0.2) is 0 Å². The zero-order valence-corrected chi connectivity index (χ0v) is 20.5. The Labute approximate surface area is 195 Å². The molecule has 3 amide bonds. The number of carbonyl (C=O) groups excluding carboxylic acids is 4. The first kappa shape index (κ1) is 26.2. The summed E-state index contributed by atoms with van der Waals surface area (Å²) >= 11 is 0. The van der Waals surface area contributed by atoms with Crippen molar-refractivity contribution in [3.8, 4) is 0 Å². The Morgan fingerprint density at radius 3 is 2.18 bits per heavy atom. The van der Waals surface area contributed by atoms with Crippen LogP contribution in [0.5, 0.6) is 0 Å². The molecule has 182 valence electrons. The van der Waals surface area contributed by atoms with Crippen LogP contribution >= 0.6 is 0 Å². The maximum Gasteiger partial charge on any atom is 0.407 e. The Balaban J connectivity index is 2.49. The van der Waals surface area contributed by atoms with Crippen LogP contribution in [0.3, 0.4) is 0 Å². The molecule has 1 saturated carbocycles. The third-order valence-corrected chi connectivity index (χ3v) is 4.68. The quantitative estimate of drug-likeness (QED) is 0.604. The first-order chi connectivity index (χ1) is 15.2.